The van der Waals surface area contributed by atoms with Crippen molar-refractivity contribution in [2.75, 3.05) is 0 Å². The first-order valence-electron chi connectivity index (χ1n) is 3.64. The van der Waals surface area contributed by atoms with Gasteiger partial charge in [0.15, 0.2) is 0 Å². The van der Waals surface area contributed by atoms with Gasteiger partial charge in [0.25, 0.3) is 15.5 Å². The highest BCUT2D eigenvalue weighted by molar-refractivity contribution is 8.13. The number of halogens is 4. The van der Waals surface area contributed by atoms with Gasteiger partial charge < -0.3 is 0 Å². The summed E-state index contributed by atoms with van der Waals surface area (Å²) in [6.45, 7) is 0. The predicted octanol–water partition coefficient (Wildman–Crippen LogP) is 2.69. The first-order chi connectivity index (χ1) is 6.86. The Labute approximate surface area is 94.4 Å². The van der Waals surface area contributed by atoms with Crippen molar-refractivity contribution in [1.82, 2.24) is 4.98 Å². The molecule has 0 aliphatic heterocycles. The van der Waals surface area contributed by atoms with Gasteiger partial charge >= 0.3 is 0 Å². The molecule has 0 saturated carbocycles. The van der Waals surface area contributed by atoms with Crippen LogP contribution in [-0.2, 0) is 14.9 Å². The molecule has 0 atom stereocenters. The van der Waals surface area contributed by atoms with E-state index in [-0.39, 0.29) is 16.3 Å². The third-order valence-electron chi connectivity index (χ3n) is 1.61. The average molecular weight is 276 g/mol. The molecular weight excluding hydrogens is 271 g/mol. The van der Waals surface area contributed by atoms with E-state index < -0.39 is 21.2 Å². The lowest BCUT2D eigenvalue weighted by Crippen LogP contribution is -2.00. The van der Waals surface area contributed by atoms with Crippen LogP contribution < -0.4 is 0 Å². The van der Waals surface area contributed by atoms with Crippen LogP contribution in [0.3, 0.4) is 0 Å². The Kier molecular flexibility index (Phi) is 3.86. The van der Waals surface area contributed by atoms with Crippen LogP contribution >= 0.6 is 22.3 Å². The van der Waals surface area contributed by atoms with Gasteiger partial charge in [0.1, 0.15) is 10.6 Å². The van der Waals surface area contributed by atoms with Crippen molar-refractivity contribution in [3.05, 3.63) is 23.5 Å². The van der Waals surface area contributed by atoms with Gasteiger partial charge in [-0.05, 0) is 11.6 Å². The molecular formula is C7H5Cl2F2NO2S. The highest BCUT2D eigenvalue weighted by Crippen LogP contribution is 2.25. The van der Waals surface area contributed by atoms with E-state index in [1.165, 1.54) is 0 Å². The monoisotopic (exact) mass is 275 g/mol. The van der Waals surface area contributed by atoms with E-state index in [9.17, 15) is 17.2 Å². The average Bonchev–Trinajstić information content (AvgIpc) is 2.15. The zero-order chi connectivity index (χ0) is 11.6. The Bertz CT molecular complexity index is 464. The zero-order valence-electron chi connectivity index (χ0n) is 7.12. The lowest BCUT2D eigenvalue weighted by atomic mass is 10.2. The first-order valence-corrected chi connectivity index (χ1v) is 6.48. The van der Waals surface area contributed by atoms with Crippen molar-refractivity contribution in [1.29, 1.82) is 0 Å². The number of rotatable bonds is 3. The minimum absolute atomic E-state index is 0.0478. The van der Waals surface area contributed by atoms with Gasteiger partial charge in [-0.3, -0.25) is 4.98 Å². The molecule has 1 aromatic rings. The van der Waals surface area contributed by atoms with Crippen molar-refractivity contribution >= 4 is 31.3 Å². The fourth-order valence-corrected chi connectivity index (χ4v) is 1.86. The minimum atomic E-state index is -3.97. The lowest BCUT2D eigenvalue weighted by molar-refractivity contribution is 0.145. The number of aromatic nitrogens is 1. The third-order valence-corrected chi connectivity index (χ3v) is 3.22. The first kappa shape index (κ1) is 12.6. The van der Waals surface area contributed by atoms with E-state index >= 15 is 0 Å². The highest BCUT2D eigenvalue weighted by atomic mass is 35.7. The summed E-state index contributed by atoms with van der Waals surface area (Å²) in [5.74, 6) is -0.257. The summed E-state index contributed by atoms with van der Waals surface area (Å²) in [6, 6.07) is 0.990. The standard InChI is InChI=1S/C7H5Cl2F2NO2S/c8-2-4-1-5(15(9,13)14)3-12-6(4)7(10)11/h1,3,7H,2H2. The normalized spacial score (nSPS) is 12.1. The SMILES string of the molecule is O=S(=O)(Cl)c1cnc(C(F)F)c(CCl)c1. The maximum absolute atomic E-state index is 12.3. The summed E-state index contributed by atoms with van der Waals surface area (Å²) in [4.78, 5) is 2.97. The number of hydrogen-bond acceptors (Lipinski definition) is 3. The highest BCUT2D eigenvalue weighted by Gasteiger charge is 2.18. The number of alkyl halides is 3. The van der Waals surface area contributed by atoms with Crippen LogP contribution in [0.1, 0.15) is 17.7 Å². The molecule has 0 bridgehead atoms. The van der Waals surface area contributed by atoms with Crippen LogP contribution in [0.2, 0.25) is 0 Å². The van der Waals surface area contributed by atoms with Crippen LogP contribution in [0.4, 0.5) is 8.78 Å². The van der Waals surface area contributed by atoms with Gasteiger partial charge in [-0.1, -0.05) is 0 Å². The molecule has 3 nitrogen and oxygen atoms in total. The molecule has 0 radical (unpaired) electrons. The van der Waals surface area contributed by atoms with Crippen molar-refractivity contribution in [2.45, 2.75) is 17.2 Å². The molecule has 0 spiro atoms. The molecule has 8 heteroatoms. The maximum atomic E-state index is 12.3. The second kappa shape index (κ2) is 4.59. The van der Waals surface area contributed by atoms with Gasteiger partial charge in [-0.25, -0.2) is 17.2 Å². The van der Waals surface area contributed by atoms with Crippen molar-refractivity contribution in [3.63, 3.8) is 0 Å². The largest absolute Gasteiger partial charge is 0.280 e. The lowest BCUT2D eigenvalue weighted by Gasteiger charge is -2.05. The Morgan fingerprint density at radius 1 is 1.47 bits per heavy atom. The summed E-state index contributed by atoms with van der Waals surface area (Å²) in [6.07, 6.45) is -2.02. The fraction of sp³-hybridized carbons (Fsp3) is 0.286. The van der Waals surface area contributed by atoms with Crippen molar-refractivity contribution in [2.24, 2.45) is 0 Å². The smallest absolute Gasteiger partial charge is 0.254 e. The summed E-state index contributed by atoms with van der Waals surface area (Å²) in [5.41, 5.74) is -0.581. The topological polar surface area (TPSA) is 47.0 Å². The molecule has 15 heavy (non-hydrogen) atoms. The molecule has 1 rings (SSSR count). The Hall–Kier alpha value is -0.460. The Morgan fingerprint density at radius 3 is 2.47 bits per heavy atom. The van der Waals surface area contributed by atoms with E-state index in [0.29, 0.717) is 0 Å². The fourth-order valence-electron chi connectivity index (χ4n) is 0.936. The second-order valence-corrected chi connectivity index (χ2v) is 5.42. The summed E-state index contributed by atoms with van der Waals surface area (Å²) < 4.78 is 46.4. The molecule has 1 heterocycles. The Morgan fingerprint density at radius 2 is 2.07 bits per heavy atom. The van der Waals surface area contributed by atoms with Crippen molar-refractivity contribution < 1.29 is 17.2 Å². The molecule has 0 aliphatic carbocycles. The molecule has 0 fully saturated rings. The second-order valence-electron chi connectivity index (χ2n) is 2.59. The molecule has 0 unspecified atom stereocenters. The third kappa shape index (κ3) is 2.99. The summed E-state index contributed by atoms with van der Waals surface area (Å²) >= 11 is 5.39. The van der Waals surface area contributed by atoms with Crippen LogP contribution in [0.15, 0.2) is 17.2 Å². The van der Waals surface area contributed by atoms with Gasteiger partial charge in [-0.2, -0.15) is 0 Å². The maximum Gasteiger partial charge on any atom is 0.280 e. The molecule has 0 aromatic carbocycles. The molecule has 0 saturated heterocycles. The minimum Gasteiger partial charge on any atom is -0.254 e. The zero-order valence-corrected chi connectivity index (χ0v) is 9.45. The van der Waals surface area contributed by atoms with E-state index in [1.54, 1.807) is 0 Å². The molecule has 0 amide bonds. The molecule has 0 N–H and O–H groups in total. The van der Waals surface area contributed by atoms with E-state index in [1.807, 2.05) is 0 Å². The van der Waals surface area contributed by atoms with Gasteiger partial charge in [0.2, 0.25) is 0 Å². The number of hydrogen-bond donors (Lipinski definition) is 0. The van der Waals surface area contributed by atoms with Crippen LogP contribution in [0, 0.1) is 0 Å². The number of pyridine rings is 1. The van der Waals surface area contributed by atoms with Crippen LogP contribution in [-0.4, -0.2) is 13.4 Å². The van der Waals surface area contributed by atoms with Gasteiger partial charge in [0, 0.05) is 22.8 Å². The molecule has 0 aliphatic rings. The van der Waals surface area contributed by atoms with Crippen molar-refractivity contribution in [3.8, 4) is 0 Å². The van der Waals surface area contributed by atoms with E-state index in [2.05, 4.69) is 4.98 Å². The quantitative estimate of drug-likeness (QED) is 0.630. The predicted molar refractivity (Wildman–Crippen MR) is 51.8 cm³/mol. The molecule has 84 valence electrons. The Balaban J connectivity index is 3.32. The van der Waals surface area contributed by atoms with E-state index in [0.717, 1.165) is 12.3 Å². The molecule has 1 aromatic heterocycles. The van der Waals surface area contributed by atoms with Crippen LogP contribution in [0.5, 0.6) is 0 Å². The number of nitrogens with zero attached hydrogens (tertiary/aromatic N) is 1. The van der Waals surface area contributed by atoms with Gasteiger partial charge in [0.05, 0.1) is 0 Å². The van der Waals surface area contributed by atoms with Gasteiger partial charge in [-0.15, -0.1) is 11.6 Å². The van der Waals surface area contributed by atoms with Crippen LogP contribution in [0.25, 0.3) is 0 Å². The van der Waals surface area contributed by atoms with E-state index in [4.69, 9.17) is 22.3 Å². The summed E-state index contributed by atoms with van der Waals surface area (Å²) in [7, 11) is 1.05. The summed E-state index contributed by atoms with van der Waals surface area (Å²) in [5, 5.41) is 0.